The Morgan fingerprint density at radius 1 is 1.45 bits per heavy atom. The summed E-state index contributed by atoms with van der Waals surface area (Å²) in [6, 6.07) is 3.95. The van der Waals surface area contributed by atoms with Gasteiger partial charge in [0, 0.05) is 17.8 Å². The van der Waals surface area contributed by atoms with Gasteiger partial charge < -0.3 is 10.0 Å². The molecule has 0 saturated heterocycles. The van der Waals surface area contributed by atoms with Crippen molar-refractivity contribution >= 4 is 11.7 Å². The number of aromatic carboxylic acids is 1. The summed E-state index contributed by atoms with van der Waals surface area (Å²) in [7, 11) is 0. The molecule has 0 radical (unpaired) electrons. The lowest BCUT2D eigenvalue weighted by molar-refractivity contribution is 0.0696. The van der Waals surface area contributed by atoms with Gasteiger partial charge in [0.05, 0.1) is 5.56 Å². The summed E-state index contributed by atoms with van der Waals surface area (Å²) in [5.41, 5.74) is 3.81. The number of carboxylic acids is 1. The number of carbonyl (C=O) groups is 1. The fourth-order valence-corrected chi connectivity index (χ4v) is 3.51. The Kier molecular flexibility index (Phi) is 3.81. The summed E-state index contributed by atoms with van der Waals surface area (Å²) in [6.45, 7) is 11.8. The van der Waals surface area contributed by atoms with Gasteiger partial charge in [0.2, 0.25) is 0 Å². The van der Waals surface area contributed by atoms with Crippen LogP contribution in [0.1, 0.15) is 67.9 Å². The molecule has 0 aromatic heterocycles. The number of hydrogen-bond donors (Lipinski definition) is 1. The number of aryl methyl sites for hydroxylation is 1. The van der Waals surface area contributed by atoms with Gasteiger partial charge in [0.25, 0.3) is 0 Å². The Hall–Kier alpha value is -1.51. The van der Waals surface area contributed by atoms with Gasteiger partial charge in [-0.15, -0.1) is 0 Å². The van der Waals surface area contributed by atoms with E-state index in [0.29, 0.717) is 11.5 Å². The van der Waals surface area contributed by atoms with Gasteiger partial charge >= 0.3 is 5.97 Å². The van der Waals surface area contributed by atoms with Crippen molar-refractivity contribution in [1.29, 1.82) is 0 Å². The zero-order chi connectivity index (χ0) is 15.1. The third kappa shape index (κ3) is 2.41. The molecule has 1 aliphatic rings. The Morgan fingerprint density at radius 3 is 2.65 bits per heavy atom. The van der Waals surface area contributed by atoms with Crippen LogP contribution in [-0.4, -0.2) is 23.2 Å². The van der Waals surface area contributed by atoms with Crippen LogP contribution in [0.5, 0.6) is 0 Å². The first-order valence-corrected chi connectivity index (χ1v) is 7.43. The van der Waals surface area contributed by atoms with Crippen molar-refractivity contribution in [3.05, 3.63) is 28.8 Å². The summed E-state index contributed by atoms with van der Waals surface area (Å²) in [5, 5.41) is 9.31. The van der Waals surface area contributed by atoms with Crippen LogP contribution >= 0.6 is 0 Å². The van der Waals surface area contributed by atoms with Crippen LogP contribution in [0.4, 0.5) is 5.69 Å². The largest absolute Gasteiger partial charge is 0.478 e. The van der Waals surface area contributed by atoms with E-state index in [9.17, 15) is 9.90 Å². The van der Waals surface area contributed by atoms with Crippen molar-refractivity contribution in [2.24, 2.45) is 0 Å². The van der Waals surface area contributed by atoms with E-state index < -0.39 is 5.97 Å². The van der Waals surface area contributed by atoms with Gasteiger partial charge in [-0.2, -0.15) is 0 Å². The Morgan fingerprint density at radius 2 is 2.10 bits per heavy atom. The highest BCUT2D eigenvalue weighted by atomic mass is 16.4. The molecule has 0 aliphatic carbocycles. The van der Waals surface area contributed by atoms with Crippen molar-refractivity contribution in [1.82, 2.24) is 0 Å². The van der Waals surface area contributed by atoms with Crippen molar-refractivity contribution in [3.63, 3.8) is 0 Å². The molecule has 2 rings (SSSR count). The van der Waals surface area contributed by atoms with Crippen molar-refractivity contribution in [2.45, 2.75) is 58.9 Å². The summed E-state index contributed by atoms with van der Waals surface area (Å²) >= 11 is 0. The molecular weight excluding hydrogens is 250 g/mol. The topological polar surface area (TPSA) is 40.5 Å². The Balaban J connectivity index is 2.60. The van der Waals surface area contributed by atoms with Gasteiger partial charge in [0.15, 0.2) is 0 Å². The summed E-state index contributed by atoms with van der Waals surface area (Å²) < 4.78 is 0. The van der Waals surface area contributed by atoms with E-state index in [1.807, 2.05) is 13.0 Å². The maximum atomic E-state index is 11.3. The minimum Gasteiger partial charge on any atom is -0.478 e. The second-order valence-corrected chi connectivity index (χ2v) is 6.60. The molecule has 1 N–H and O–H groups in total. The van der Waals surface area contributed by atoms with E-state index in [0.717, 1.165) is 24.9 Å². The molecule has 1 unspecified atom stereocenters. The SMILES string of the molecule is CCCN1c2cc(C)c(C(=O)O)cc2C(C)CC1(C)C. The first-order chi connectivity index (χ1) is 9.27. The predicted octanol–water partition coefficient (Wildman–Crippen LogP) is 4.20. The lowest BCUT2D eigenvalue weighted by atomic mass is 9.79. The van der Waals surface area contributed by atoms with Crippen LogP contribution in [0.15, 0.2) is 12.1 Å². The number of hydrogen-bond acceptors (Lipinski definition) is 2. The van der Waals surface area contributed by atoms with E-state index in [1.165, 1.54) is 11.3 Å². The summed E-state index contributed by atoms with van der Waals surface area (Å²) in [4.78, 5) is 13.8. The third-order valence-corrected chi connectivity index (χ3v) is 4.41. The van der Waals surface area contributed by atoms with E-state index in [1.54, 1.807) is 0 Å². The molecule has 1 atom stereocenters. The minimum absolute atomic E-state index is 0.125. The molecule has 20 heavy (non-hydrogen) atoms. The molecule has 0 saturated carbocycles. The van der Waals surface area contributed by atoms with Crippen LogP contribution in [-0.2, 0) is 0 Å². The lowest BCUT2D eigenvalue weighted by Crippen LogP contribution is -2.48. The maximum absolute atomic E-state index is 11.3. The van der Waals surface area contributed by atoms with Crippen molar-refractivity contribution < 1.29 is 9.90 Å². The molecular formula is C17H25NO2. The fourth-order valence-electron chi connectivity index (χ4n) is 3.51. The predicted molar refractivity (Wildman–Crippen MR) is 82.9 cm³/mol. The molecule has 1 aromatic rings. The molecule has 0 amide bonds. The molecule has 3 heteroatoms. The average molecular weight is 275 g/mol. The second-order valence-electron chi connectivity index (χ2n) is 6.60. The summed E-state index contributed by atoms with van der Waals surface area (Å²) in [5.74, 6) is -0.434. The lowest BCUT2D eigenvalue weighted by Gasteiger charge is -2.48. The molecule has 1 aromatic carbocycles. The Bertz CT molecular complexity index is 534. The van der Waals surface area contributed by atoms with Crippen molar-refractivity contribution in [2.75, 3.05) is 11.4 Å². The maximum Gasteiger partial charge on any atom is 0.335 e. The van der Waals surface area contributed by atoms with E-state index >= 15 is 0 Å². The smallest absolute Gasteiger partial charge is 0.335 e. The van der Waals surface area contributed by atoms with Crippen LogP contribution in [0, 0.1) is 6.92 Å². The number of nitrogens with zero attached hydrogens (tertiary/aromatic N) is 1. The molecule has 0 bridgehead atoms. The zero-order valence-electron chi connectivity index (χ0n) is 13.2. The monoisotopic (exact) mass is 275 g/mol. The number of anilines is 1. The highest BCUT2D eigenvalue weighted by Crippen LogP contribution is 2.44. The Labute approximate surface area is 121 Å². The first kappa shape index (κ1) is 14.9. The highest BCUT2D eigenvalue weighted by molar-refractivity contribution is 5.90. The van der Waals surface area contributed by atoms with Crippen LogP contribution in [0.3, 0.4) is 0 Å². The molecule has 1 heterocycles. The third-order valence-electron chi connectivity index (χ3n) is 4.41. The second kappa shape index (κ2) is 5.12. The minimum atomic E-state index is -0.829. The van der Waals surface area contributed by atoms with Crippen LogP contribution < -0.4 is 4.90 Å². The number of fused-ring (bicyclic) bond motifs is 1. The van der Waals surface area contributed by atoms with Crippen molar-refractivity contribution in [3.8, 4) is 0 Å². The molecule has 0 fully saturated rings. The number of benzene rings is 1. The van der Waals surface area contributed by atoms with Gasteiger partial charge in [-0.1, -0.05) is 13.8 Å². The van der Waals surface area contributed by atoms with Gasteiger partial charge in [0.1, 0.15) is 0 Å². The normalized spacial score (nSPS) is 20.6. The molecule has 1 aliphatic heterocycles. The number of rotatable bonds is 3. The molecule has 110 valence electrons. The van der Waals surface area contributed by atoms with Crippen LogP contribution in [0.2, 0.25) is 0 Å². The molecule has 3 nitrogen and oxygen atoms in total. The van der Waals surface area contributed by atoms with Gasteiger partial charge in [-0.05, 0) is 62.8 Å². The summed E-state index contributed by atoms with van der Waals surface area (Å²) in [6.07, 6.45) is 2.15. The first-order valence-electron chi connectivity index (χ1n) is 7.43. The number of carboxylic acid groups (broad SMARTS) is 1. The van der Waals surface area contributed by atoms with Crippen LogP contribution in [0.25, 0.3) is 0 Å². The average Bonchev–Trinajstić information content (AvgIpc) is 2.32. The van der Waals surface area contributed by atoms with Gasteiger partial charge in [-0.25, -0.2) is 4.79 Å². The van der Waals surface area contributed by atoms with E-state index in [2.05, 4.69) is 38.7 Å². The molecule has 0 spiro atoms. The van der Waals surface area contributed by atoms with E-state index in [-0.39, 0.29) is 5.54 Å². The quantitative estimate of drug-likeness (QED) is 0.899. The zero-order valence-corrected chi connectivity index (χ0v) is 13.2. The van der Waals surface area contributed by atoms with Gasteiger partial charge in [-0.3, -0.25) is 0 Å². The highest BCUT2D eigenvalue weighted by Gasteiger charge is 2.36. The standard InChI is InChI=1S/C17H25NO2/c1-6-7-18-15-8-11(2)14(16(19)20)9-13(15)12(3)10-17(18,4)5/h8-9,12H,6-7,10H2,1-5H3,(H,19,20). The fraction of sp³-hybridized carbons (Fsp3) is 0.588. The van der Waals surface area contributed by atoms with E-state index in [4.69, 9.17) is 0 Å².